The summed E-state index contributed by atoms with van der Waals surface area (Å²) >= 11 is 0. The van der Waals surface area contributed by atoms with Gasteiger partial charge in [0, 0.05) is 38.6 Å². The summed E-state index contributed by atoms with van der Waals surface area (Å²) in [7, 11) is 4.30. The van der Waals surface area contributed by atoms with E-state index in [4.69, 9.17) is 4.99 Å². The van der Waals surface area contributed by atoms with Crippen molar-refractivity contribution in [3.8, 4) is 0 Å². The Hall–Kier alpha value is -1.56. The summed E-state index contributed by atoms with van der Waals surface area (Å²) < 4.78 is 2.26. The fourth-order valence-electron chi connectivity index (χ4n) is 3.78. The van der Waals surface area contributed by atoms with Gasteiger partial charge in [-0.15, -0.1) is 0 Å². The Morgan fingerprint density at radius 1 is 1.22 bits per heavy atom. The Balaban J connectivity index is 1.78. The quantitative estimate of drug-likeness (QED) is 0.387. The first kappa shape index (κ1) is 21.7. The Kier molecular flexibility index (Phi) is 9.67. The van der Waals surface area contributed by atoms with Gasteiger partial charge in [-0.3, -0.25) is 4.99 Å². The summed E-state index contributed by atoms with van der Waals surface area (Å²) in [6, 6.07) is 0.474. The maximum atomic E-state index is 4.92. The summed E-state index contributed by atoms with van der Waals surface area (Å²) in [6.07, 6.45) is 13.5. The van der Waals surface area contributed by atoms with E-state index in [0.717, 1.165) is 32.1 Å². The molecule has 2 atom stereocenters. The number of likely N-dealkylation sites (tertiary alicyclic amines) is 1. The van der Waals surface area contributed by atoms with Crippen molar-refractivity contribution in [2.45, 2.75) is 58.4 Å². The highest BCUT2D eigenvalue weighted by molar-refractivity contribution is 5.80. The Labute approximate surface area is 166 Å². The maximum Gasteiger partial charge on any atom is 0.193 e. The Morgan fingerprint density at radius 2 is 2.00 bits per heavy atom. The van der Waals surface area contributed by atoms with Crippen molar-refractivity contribution < 1.29 is 0 Å². The molecule has 0 radical (unpaired) electrons. The first-order chi connectivity index (χ1) is 13.1. The fraction of sp³-hybridized carbons (Fsp3) is 0.810. The predicted octanol–water partition coefficient (Wildman–Crippen LogP) is 3.24. The average Bonchev–Trinajstić information content (AvgIpc) is 3.17. The van der Waals surface area contributed by atoms with Crippen LogP contribution in [0.2, 0.25) is 0 Å². The minimum Gasteiger partial charge on any atom is -0.357 e. The number of unbranched alkanes of at least 4 members (excludes halogenated alkanes) is 4. The summed E-state index contributed by atoms with van der Waals surface area (Å²) in [5, 5.41) is 3.50. The second kappa shape index (κ2) is 12.0. The van der Waals surface area contributed by atoms with Gasteiger partial charge in [0.1, 0.15) is 0 Å². The van der Waals surface area contributed by atoms with Gasteiger partial charge in [-0.1, -0.05) is 26.2 Å². The molecule has 0 spiro atoms. The predicted molar refractivity (Wildman–Crippen MR) is 114 cm³/mol. The van der Waals surface area contributed by atoms with Crippen molar-refractivity contribution in [3.05, 3.63) is 18.7 Å². The number of nitrogens with one attached hydrogen (secondary N) is 1. The minimum atomic E-state index is 0.474. The van der Waals surface area contributed by atoms with Crippen LogP contribution >= 0.6 is 0 Å². The molecular weight excluding hydrogens is 336 g/mol. The summed E-state index contributed by atoms with van der Waals surface area (Å²) in [5.41, 5.74) is 0. The molecule has 0 bridgehead atoms. The van der Waals surface area contributed by atoms with Crippen molar-refractivity contribution in [1.29, 1.82) is 0 Å². The number of aromatic nitrogens is 2. The van der Waals surface area contributed by atoms with Gasteiger partial charge < -0.3 is 19.7 Å². The Morgan fingerprint density at radius 3 is 2.70 bits per heavy atom. The highest BCUT2D eigenvalue weighted by Crippen LogP contribution is 2.27. The zero-order valence-corrected chi connectivity index (χ0v) is 17.9. The molecule has 1 aromatic rings. The topological polar surface area (TPSA) is 48.7 Å². The smallest absolute Gasteiger partial charge is 0.193 e. The van der Waals surface area contributed by atoms with E-state index in [2.05, 4.69) is 58.8 Å². The van der Waals surface area contributed by atoms with Gasteiger partial charge in [0.25, 0.3) is 0 Å². The van der Waals surface area contributed by atoms with Crippen molar-refractivity contribution in [3.63, 3.8) is 0 Å². The molecule has 1 aromatic heterocycles. The maximum absolute atomic E-state index is 4.92. The third kappa shape index (κ3) is 7.53. The number of hydrogen-bond donors (Lipinski definition) is 1. The zero-order chi connectivity index (χ0) is 19.5. The molecule has 0 saturated carbocycles. The van der Waals surface area contributed by atoms with Crippen molar-refractivity contribution in [2.75, 3.05) is 46.8 Å². The molecule has 6 heteroatoms. The van der Waals surface area contributed by atoms with Crippen molar-refractivity contribution in [2.24, 2.45) is 10.9 Å². The lowest BCUT2D eigenvalue weighted by atomic mass is 9.93. The molecule has 2 heterocycles. The fourth-order valence-corrected chi connectivity index (χ4v) is 3.78. The number of guanidine groups is 1. The zero-order valence-electron chi connectivity index (χ0n) is 17.9. The standard InChI is InChI=1S/C21H40N6/c1-5-23-21(24-12-9-7-6-8-10-14-25(3)4)26-15-11-19(2)20(17-26)27-16-13-22-18-27/h13,16,18-20H,5-12,14-15,17H2,1-4H3,(H,23,24). The molecule has 0 aliphatic carbocycles. The second-order valence-corrected chi connectivity index (χ2v) is 8.10. The highest BCUT2D eigenvalue weighted by atomic mass is 15.3. The van der Waals surface area contributed by atoms with Gasteiger partial charge in [-0.25, -0.2) is 4.98 Å². The lowest BCUT2D eigenvalue weighted by molar-refractivity contribution is 0.189. The molecule has 27 heavy (non-hydrogen) atoms. The number of imidazole rings is 1. The second-order valence-electron chi connectivity index (χ2n) is 8.10. The molecule has 1 aliphatic rings. The van der Waals surface area contributed by atoms with Crippen LogP contribution in [0.25, 0.3) is 0 Å². The van der Waals surface area contributed by atoms with Gasteiger partial charge in [-0.05, 0) is 52.7 Å². The third-order valence-corrected chi connectivity index (χ3v) is 5.49. The van der Waals surface area contributed by atoms with E-state index in [1.165, 1.54) is 45.1 Å². The van der Waals surface area contributed by atoms with Crippen LogP contribution in [0, 0.1) is 5.92 Å². The molecule has 1 aliphatic heterocycles. The van der Waals surface area contributed by atoms with E-state index in [0.29, 0.717) is 12.0 Å². The van der Waals surface area contributed by atoms with Crippen LogP contribution in [0.4, 0.5) is 0 Å². The molecule has 1 saturated heterocycles. The number of rotatable bonds is 10. The van der Waals surface area contributed by atoms with Crippen LogP contribution in [0.5, 0.6) is 0 Å². The number of nitrogens with zero attached hydrogens (tertiary/aromatic N) is 5. The Bertz CT molecular complexity index is 525. The largest absolute Gasteiger partial charge is 0.357 e. The van der Waals surface area contributed by atoms with E-state index >= 15 is 0 Å². The first-order valence-corrected chi connectivity index (χ1v) is 10.8. The number of aliphatic imine (C=N–C) groups is 1. The molecule has 2 unspecified atom stereocenters. The molecule has 154 valence electrons. The van der Waals surface area contributed by atoms with E-state index in [9.17, 15) is 0 Å². The lowest BCUT2D eigenvalue weighted by Crippen LogP contribution is -2.49. The number of hydrogen-bond acceptors (Lipinski definition) is 3. The highest BCUT2D eigenvalue weighted by Gasteiger charge is 2.28. The van der Waals surface area contributed by atoms with Gasteiger partial charge in [0.05, 0.1) is 12.4 Å². The minimum absolute atomic E-state index is 0.474. The van der Waals surface area contributed by atoms with Crippen LogP contribution in [0.3, 0.4) is 0 Å². The summed E-state index contributed by atoms with van der Waals surface area (Å²) in [6.45, 7) is 9.65. The lowest BCUT2D eigenvalue weighted by Gasteiger charge is -2.39. The molecule has 1 fully saturated rings. The van der Waals surface area contributed by atoms with Crippen molar-refractivity contribution >= 4 is 5.96 Å². The van der Waals surface area contributed by atoms with E-state index < -0.39 is 0 Å². The van der Waals surface area contributed by atoms with Gasteiger partial charge in [0.2, 0.25) is 0 Å². The van der Waals surface area contributed by atoms with E-state index in [-0.39, 0.29) is 0 Å². The summed E-state index contributed by atoms with van der Waals surface area (Å²) in [4.78, 5) is 13.9. The van der Waals surface area contributed by atoms with Crippen LogP contribution in [-0.2, 0) is 0 Å². The molecular formula is C21H40N6. The first-order valence-electron chi connectivity index (χ1n) is 10.8. The van der Waals surface area contributed by atoms with Crippen LogP contribution in [0.1, 0.15) is 58.4 Å². The van der Waals surface area contributed by atoms with Crippen LogP contribution in [-0.4, -0.2) is 72.1 Å². The molecule has 0 amide bonds. The number of piperidine rings is 1. The average molecular weight is 377 g/mol. The van der Waals surface area contributed by atoms with E-state index in [1.807, 2.05) is 12.5 Å². The van der Waals surface area contributed by atoms with Gasteiger partial charge >= 0.3 is 0 Å². The molecule has 6 nitrogen and oxygen atoms in total. The SMILES string of the molecule is CCNC(=NCCCCCCCN(C)C)N1CCC(C)C(n2ccnc2)C1. The van der Waals surface area contributed by atoms with Crippen molar-refractivity contribution in [1.82, 2.24) is 24.7 Å². The monoisotopic (exact) mass is 376 g/mol. The summed E-state index contributed by atoms with van der Waals surface area (Å²) in [5.74, 6) is 1.75. The van der Waals surface area contributed by atoms with Crippen LogP contribution < -0.4 is 5.32 Å². The molecule has 1 N–H and O–H groups in total. The van der Waals surface area contributed by atoms with Gasteiger partial charge in [-0.2, -0.15) is 0 Å². The molecule has 0 aromatic carbocycles. The molecule has 2 rings (SSSR count). The van der Waals surface area contributed by atoms with E-state index in [1.54, 1.807) is 0 Å². The third-order valence-electron chi connectivity index (χ3n) is 5.49. The normalized spacial score (nSPS) is 21.1. The van der Waals surface area contributed by atoms with Gasteiger partial charge in [0.15, 0.2) is 5.96 Å². The van der Waals surface area contributed by atoms with Crippen LogP contribution in [0.15, 0.2) is 23.7 Å².